The van der Waals surface area contributed by atoms with Gasteiger partial charge in [-0.05, 0) is 65.4 Å². The number of anilines is 2. The van der Waals surface area contributed by atoms with Crippen LogP contribution in [0.2, 0.25) is 28.2 Å². The Kier molecular flexibility index (Phi) is 10.0. The van der Waals surface area contributed by atoms with Crippen LogP contribution in [0.5, 0.6) is 0 Å². The molecule has 2 aromatic carbocycles. The molecule has 8 nitrogen and oxygen atoms in total. The molecule has 3 heterocycles. The first-order chi connectivity index (χ1) is 22.3. The maximum atomic E-state index is 16.1. The molecule has 2 aliphatic heterocycles. The number of amides is 1. The predicted octanol–water partition coefficient (Wildman–Crippen LogP) is 7.50. The Labute approximate surface area is 293 Å². The zero-order chi connectivity index (χ0) is 35.4. The van der Waals surface area contributed by atoms with Crippen LogP contribution >= 0.6 is 23.2 Å². The number of aliphatic hydroxyl groups is 1. The van der Waals surface area contributed by atoms with Gasteiger partial charge in [0.25, 0.3) is 5.56 Å². The highest BCUT2D eigenvalue weighted by Gasteiger charge is 2.66. The normalized spacial score (nSPS) is 23.3. The van der Waals surface area contributed by atoms with Crippen LogP contribution in [0.1, 0.15) is 65.0 Å². The summed E-state index contributed by atoms with van der Waals surface area (Å²) < 4.78 is 23.9. The molecule has 1 spiro atoms. The van der Waals surface area contributed by atoms with Gasteiger partial charge in [0.15, 0.2) is 8.32 Å². The maximum Gasteiger partial charge on any atom is 0.252 e. The Morgan fingerprint density at radius 2 is 1.79 bits per heavy atom. The molecule has 5 atom stereocenters. The van der Waals surface area contributed by atoms with Gasteiger partial charge in [0, 0.05) is 47.2 Å². The molecule has 4 N–H and O–H groups in total. The fourth-order valence-corrected chi connectivity index (χ4v) is 8.30. The molecule has 0 bridgehead atoms. The first-order valence-electron chi connectivity index (χ1n) is 16.4. The molecule has 1 amide bonds. The zero-order valence-corrected chi connectivity index (χ0v) is 31.4. The van der Waals surface area contributed by atoms with E-state index in [9.17, 15) is 14.7 Å². The molecule has 2 aliphatic rings. The number of aromatic nitrogens is 1. The largest absolute Gasteiger partial charge is 0.415 e. The number of carbonyl (C=O) groups is 1. The minimum atomic E-state index is -1.97. The number of hydrogen-bond donors (Lipinski definition) is 4. The minimum absolute atomic E-state index is 0.0563. The van der Waals surface area contributed by atoms with Crippen molar-refractivity contribution in [3.8, 4) is 0 Å². The van der Waals surface area contributed by atoms with Crippen molar-refractivity contribution in [2.45, 2.75) is 102 Å². The van der Waals surface area contributed by atoms with Crippen LogP contribution in [-0.2, 0) is 21.2 Å². The molecule has 5 rings (SSSR count). The Bertz CT molecular complexity index is 1750. The van der Waals surface area contributed by atoms with Crippen LogP contribution in [0.15, 0.2) is 59.5 Å². The molecule has 1 saturated heterocycles. The van der Waals surface area contributed by atoms with Crippen molar-refractivity contribution in [3.05, 3.63) is 92.1 Å². The van der Waals surface area contributed by atoms with Gasteiger partial charge in [0.1, 0.15) is 17.5 Å². The summed E-state index contributed by atoms with van der Waals surface area (Å²) in [5.41, 5.74) is -0.0237. The average molecular weight is 718 g/mol. The molecule has 1 unspecified atom stereocenters. The van der Waals surface area contributed by atoms with Gasteiger partial charge in [-0.15, -0.1) is 0 Å². The molecule has 0 radical (unpaired) electrons. The second-order valence-corrected chi connectivity index (χ2v) is 21.4. The number of carbonyl (C=O) groups excluding carboxylic acids is 1. The quantitative estimate of drug-likeness (QED) is 0.135. The van der Waals surface area contributed by atoms with Crippen LogP contribution < -0.4 is 21.5 Å². The van der Waals surface area contributed by atoms with E-state index in [4.69, 9.17) is 27.6 Å². The molecule has 1 aromatic heterocycles. The SMILES string of the molecule is CC(C)(C)C[C@@H]1N[C@@H](C(O)Nc2ccn(CCO[Si](C)(C)C(C)(C)C)c(=O)c2)[C@H](c2cccc(Cl)c2F)[C@]12C(=O)Nc1cc(Cl)ccc12. The van der Waals surface area contributed by atoms with E-state index in [0.29, 0.717) is 41.5 Å². The predicted molar refractivity (Wildman–Crippen MR) is 194 cm³/mol. The lowest BCUT2D eigenvalue weighted by atomic mass is 9.62. The van der Waals surface area contributed by atoms with Crippen molar-refractivity contribution in [1.29, 1.82) is 0 Å². The molecule has 0 saturated carbocycles. The van der Waals surface area contributed by atoms with Gasteiger partial charge in [-0.1, -0.05) is 82.9 Å². The van der Waals surface area contributed by atoms with Gasteiger partial charge >= 0.3 is 0 Å². The number of benzene rings is 2. The molecule has 48 heavy (non-hydrogen) atoms. The van der Waals surface area contributed by atoms with E-state index in [1.165, 1.54) is 12.1 Å². The fraction of sp³-hybridized carbons (Fsp3) is 0.500. The van der Waals surface area contributed by atoms with Gasteiger partial charge in [-0.25, -0.2) is 4.39 Å². The average Bonchev–Trinajstić information content (AvgIpc) is 3.44. The number of halogens is 3. The summed E-state index contributed by atoms with van der Waals surface area (Å²) in [5, 5.41) is 21.9. The van der Waals surface area contributed by atoms with E-state index < -0.39 is 43.8 Å². The molecule has 1 fully saturated rings. The second kappa shape index (κ2) is 13.2. The third kappa shape index (κ3) is 6.84. The highest BCUT2D eigenvalue weighted by atomic mass is 35.5. The van der Waals surface area contributed by atoms with Crippen molar-refractivity contribution in [2.24, 2.45) is 5.41 Å². The summed E-state index contributed by atoms with van der Waals surface area (Å²) in [7, 11) is -1.97. The van der Waals surface area contributed by atoms with E-state index in [-0.39, 0.29) is 32.5 Å². The van der Waals surface area contributed by atoms with Crippen LogP contribution in [0.3, 0.4) is 0 Å². The second-order valence-electron chi connectivity index (χ2n) is 15.8. The lowest BCUT2D eigenvalue weighted by molar-refractivity contribution is -0.122. The zero-order valence-electron chi connectivity index (χ0n) is 28.9. The first kappa shape index (κ1) is 36.5. The molecular weight excluding hydrogens is 670 g/mol. The number of nitrogens with zero attached hydrogens (tertiary/aromatic N) is 1. The molecule has 0 aliphatic carbocycles. The van der Waals surface area contributed by atoms with Crippen molar-refractivity contribution in [1.82, 2.24) is 9.88 Å². The van der Waals surface area contributed by atoms with Gasteiger partial charge < -0.3 is 30.0 Å². The molecule has 260 valence electrons. The van der Waals surface area contributed by atoms with E-state index >= 15 is 4.39 Å². The smallest absolute Gasteiger partial charge is 0.252 e. The van der Waals surface area contributed by atoms with Crippen molar-refractivity contribution >= 4 is 48.8 Å². The highest BCUT2D eigenvalue weighted by Crippen LogP contribution is 2.57. The van der Waals surface area contributed by atoms with Crippen LogP contribution in [0, 0.1) is 11.2 Å². The third-order valence-corrected chi connectivity index (χ3v) is 15.3. The molecular formula is C36H47Cl2FN4O4Si. The Morgan fingerprint density at radius 1 is 1.08 bits per heavy atom. The molecule has 12 heteroatoms. The number of pyridine rings is 1. The van der Waals surface area contributed by atoms with Crippen molar-refractivity contribution < 1.29 is 18.7 Å². The Morgan fingerprint density at radius 3 is 2.44 bits per heavy atom. The number of fused-ring (bicyclic) bond motifs is 2. The lowest BCUT2D eigenvalue weighted by Crippen LogP contribution is -2.49. The lowest BCUT2D eigenvalue weighted by Gasteiger charge is -2.38. The van der Waals surface area contributed by atoms with E-state index in [0.717, 1.165) is 0 Å². The standard InChI is InChI=1S/C36H47Cl2FN4O4Si/c1-34(2,3)20-27-36(24-13-12-21(37)18-26(24)41-33(36)46)29(23-10-9-11-25(38)30(23)39)31(42-27)32(45)40-22-14-15-43(28(44)19-22)16-17-47-48(7,8)35(4,5)6/h9-15,18-19,27,29,31-32,40,42,45H,16-17,20H2,1-8H3,(H,41,46)/t27-,29-,31+,32?,36+/m0/s1. The Balaban J connectivity index is 1.51. The number of nitrogens with one attached hydrogen (secondary N) is 3. The van der Waals surface area contributed by atoms with Crippen LogP contribution in [0.4, 0.5) is 15.8 Å². The monoisotopic (exact) mass is 716 g/mol. The first-order valence-corrected chi connectivity index (χ1v) is 20.0. The summed E-state index contributed by atoms with van der Waals surface area (Å²) >= 11 is 12.7. The van der Waals surface area contributed by atoms with Gasteiger partial charge in [0.2, 0.25) is 5.91 Å². The summed E-state index contributed by atoms with van der Waals surface area (Å²) in [5.74, 6) is -1.87. The fourth-order valence-electron chi connectivity index (χ4n) is 6.91. The topological polar surface area (TPSA) is 105 Å². The number of hydrogen-bond acceptors (Lipinski definition) is 6. The number of aliphatic hydroxyl groups excluding tert-OH is 1. The van der Waals surface area contributed by atoms with Crippen molar-refractivity contribution in [2.75, 3.05) is 17.2 Å². The summed E-state index contributed by atoms with van der Waals surface area (Å²) in [4.78, 5) is 27.5. The highest BCUT2D eigenvalue weighted by molar-refractivity contribution is 6.74. The van der Waals surface area contributed by atoms with Gasteiger partial charge in [-0.3, -0.25) is 9.59 Å². The van der Waals surface area contributed by atoms with Crippen LogP contribution in [-0.4, -0.2) is 48.8 Å². The number of rotatable bonds is 9. The van der Waals surface area contributed by atoms with E-state index in [1.807, 2.05) is 0 Å². The van der Waals surface area contributed by atoms with Gasteiger partial charge in [-0.2, -0.15) is 0 Å². The van der Waals surface area contributed by atoms with E-state index in [1.54, 1.807) is 47.2 Å². The summed E-state index contributed by atoms with van der Waals surface area (Å²) in [6.45, 7) is 17.9. The minimum Gasteiger partial charge on any atom is -0.415 e. The molecule has 3 aromatic rings. The Hall–Kier alpha value is -2.73. The van der Waals surface area contributed by atoms with Crippen LogP contribution in [0.25, 0.3) is 0 Å². The van der Waals surface area contributed by atoms with E-state index in [2.05, 4.69) is 70.6 Å². The van der Waals surface area contributed by atoms with Gasteiger partial charge in [0.05, 0.1) is 17.7 Å². The summed E-state index contributed by atoms with van der Waals surface area (Å²) in [6, 6.07) is 11.7. The maximum absolute atomic E-state index is 16.1. The van der Waals surface area contributed by atoms with Crippen molar-refractivity contribution in [3.63, 3.8) is 0 Å². The third-order valence-electron chi connectivity index (χ3n) is 10.2. The summed E-state index contributed by atoms with van der Waals surface area (Å²) in [6.07, 6.45) is 0.852.